The van der Waals surface area contributed by atoms with Gasteiger partial charge in [-0.2, -0.15) is 0 Å². The summed E-state index contributed by atoms with van der Waals surface area (Å²) >= 11 is 0. The first-order chi connectivity index (χ1) is 16.7. The van der Waals surface area contributed by atoms with Crippen molar-refractivity contribution in [3.05, 3.63) is 95.6 Å². The number of carbonyl (C=O) groups excluding carboxylic acids is 1. The number of rotatable bonds is 12. The lowest BCUT2D eigenvalue weighted by atomic mass is 10.1. The molecule has 0 aliphatic heterocycles. The number of carbonyl (C=O) groups is 1. The SMILES string of the molecule is CC(C)Oc1ccc(N(Cc2ccc(C(=O)NCCOCc3ccccc3)cc2)S(C)(=O)=O)cc1. The number of hydrogen-bond acceptors (Lipinski definition) is 5. The quantitative estimate of drug-likeness (QED) is 0.376. The Labute approximate surface area is 207 Å². The molecule has 0 aliphatic carbocycles. The van der Waals surface area contributed by atoms with Gasteiger partial charge >= 0.3 is 0 Å². The van der Waals surface area contributed by atoms with E-state index >= 15 is 0 Å². The minimum Gasteiger partial charge on any atom is -0.491 e. The molecule has 0 radical (unpaired) electrons. The fraction of sp³-hybridized carbons (Fsp3) is 0.296. The van der Waals surface area contributed by atoms with E-state index < -0.39 is 10.0 Å². The summed E-state index contributed by atoms with van der Waals surface area (Å²) in [7, 11) is -3.52. The number of ether oxygens (including phenoxy) is 2. The summed E-state index contributed by atoms with van der Waals surface area (Å²) in [4.78, 5) is 12.4. The van der Waals surface area contributed by atoms with E-state index in [1.165, 1.54) is 10.6 Å². The molecule has 0 unspecified atom stereocenters. The van der Waals surface area contributed by atoms with Crippen molar-refractivity contribution in [3.8, 4) is 5.75 Å². The van der Waals surface area contributed by atoms with Crippen molar-refractivity contribution in [2.75, 3.05) is 23.7 Å². The molecule has 0 aromatic heterocycles. The fourth-order valence-corrected chi connectivity index (χ4v) is 4.28. The Hall–Kier alpha value is -3.36. The second kappa shape index (κ2) is 12.4. The van der Waals surface area contributed by atoms with Crippen LogP contribution in [0.2, 0.25) is 0 Å². The van der Waals surface area contributed by atoms with E-state index in [4.69, 9.17) is 9.47 Å². The maximum atomic E-state index is 12.5. The summed E-state index contributed by atoms with van der Waals surface area (Å²) in [5.41, 5.74) is 2.89. The van der Waals surface area contributed by atoms with Crippen LogP contribution in [0.25, 0.3) is 0 Å². The van der Waals surface area contributed by atoms with Gasteiger partial charge in [-0.3, -0.25) is 9.10 Å². The third-order valence-electron chi connectivity index (χ3n) is 5.08. The highest BCUT2D eigenvalue weighted by Gasteiger charge is 2.18. The average Bonchev–Trinajstić information content (AvgIpc) is 2.83. The Morgan fingerprint density at radius 3 is 2.17 bits per heavy atom. The molecular formula is C27H32N2O5S. The fourth-order valence-electron chi connectivity index (χ4n) is 3.39. The predicted molar refractivity (Wildman–Crippen MR) is 138 cm³/mol. The number of nitrogens with one attached hydrogen (secondary N) is 1. The van der Waals surface area contributed by atoms with E-state index in [0.29, 0.717) is 36.8 Å². The molecule has 1 N–H and O–H groups in total. The van der Waals surface area contributed by atoms with Gasteiger partial charge in [0.05, 0.1) is 37.8 Å². The van der Waals surface area contributed by atoms with Crippen molar-refractivity contribution in [3.63, 3.8) is 0 Å². The van der Waals surface area contributed by atoms with Crippen molar-refractivity contribution in [2.45, 2.75) is 33.1 Å². The molecule has 0 bridgehead atoms. The standard InChI is InChI=1S/C27H32N2O5S/c1-21(2)34-26-15-13-25(14-16-26)29(35(3,31)32)19-22-9-11-24(12-10-22)27(30)28-17-18-33-20-23-7-5-4-6-8-23/h4-16,21H,17-20H2,1-3H3,(H,28,30). The maximum Gasteiger partial charge on any atom is 0.251 e. The largest absolute Gasteiger partial charge is 0.491 e. The highest BCUT2D eigenvalue weighted by atomic mass is 32.2. The summed E-state index contributed by atoms with van der Waals surface area (Å²) in [6.07, 6.45) is 1.21. The molecule has 7 nitrogen and oxygen atoms in total. The topological polar surface area (TPSA) is 84.9 Å². The first-order valence-corrected chi connectivity index (χ1v) is 13.3. The molecule has 0 aliphatic rings. The van der Waals surface area contributed by atoms with Crippen molar-refractivity contribution in [1.29, 1.82) is 0 Å². The van der Waals surface area contributed by atoms with Gasteiger partial charge in [0.25, 0.3) is 5.91 Å². The Bertz CT molecular complexity index is 1180. The van der Waals surface area contributed by atoms with Crippen molar-refractivity contribution >= 4 is 21.6 Å². The van der Waals surface area contributed by atoms with Crippen molar-refractivity contribution in [1.82, 2.24) is 5.32 Å². The van der Waals surface area contributed by atoms with Crippen LogP contribution in [0.1, 0.15) is 35.3 Å². The van der Waals surface area contributed by atoms with Gasteiger partial charge in [0.1, 0.15) is 5.75 Å². The van der Waals surface area contributed by atoms with Crippen LogP contribution < -0.4 is 14.4 Å². The third kappa shape index (κ3) is 8.42. The molecule has 0 saturated heterocycles. The number of benzene rings is 3. The van der Waals surface area contributed by atoms with Crippen LogP contribution in [-0.2, 0) is 27.9 Å². The summed E-state index contributed by atoms with van der Waals surface area (Å²) in [6.45, 7) is 5.31. The number of nitrogens with zero attached hydrogens (tertiary/aromatic N) is 1. The first kappa shape index (κ1) is 26.2. The Morgan fingerprint density at radius 1 is 0.914 bits per heavy atom. The van der Waals surface area contributed by atoms with E-state index in [9.17, 15) is 13.2 Å². The van der Waals surface area contributed by atoms with Gasteiger partial charge in [-0.1, -0.05) is 42.5 Å². The van der Waals surface area contributed by atoms with E-state index in [2.05, 4.69) is 5.32 Å². The molecule has 0 spiro atoms. The van der Waals surface area contributed by atoms with E-state index in [0.717, 1.165) is 11.1 Å². The molecule has 3 aromatic carbocycles. The molecule has 3 rings (SSSR count). The maximum absolute atomic E-state index is 12.5. The second-order valence-corrected chi connectivity index (χ2v) is 10.3. The lowest BCUT2D eigenvalue weighted by molar-refractivity contribution is 0.0901. The van der Waals surface area contributed by atoms with Gasteiger partial charge in [-0.15, -0.1) is 0 Å². The molecule has 1 amide bonds. The van der Waals surface area contributed by atoms with Crippen LogP contribution in [-0.4, -0.2) is 39.8 Å². The highest BCUT2D eigenvalue weighted by Crippen LogP contribution is 2.24. The zero-order chi connectivity index (χ0) is 25.3. The minimum absolute atomic E-state index is 0.0318. The Morgan fingerprint density at radius 2 is 1.57 bits per heavy atom. The summed E-state index contributed by atoms with van der Waals surface area (Å²) in [5.74, 6) is 0.471. The number of sulfonamides is 1. The molecule has 0 heterocycles. The van der Waals surface area contributed by atoms with Gasteiger partial charge in [-0.05, 0) is 61.4 Å². The van der Waals surface area contributed by atoms with Gasteiger partial charge < -0.3 is 14.8 Å². The van der Waals surface area contributed by atoms with Crippen LogP contribution in [0, 0.1) is 0 Å². The van der Waals surface area contributed by atoms with Crippen molar-refractivity contribution in [2.24, 2.45) is 0 Å². The smallest absolute Gasteiger partial charge is 0.251 e. The van der Waals surface area contributed by atoms with Crippen LogP contribution in [0.3, 0.4) is 0 Å². The lowest BCUT2D eigenvalue weighted by Crippen LogP contribution is -2.29. The lowest BCUT2D eigenvalue weighted by Gasteiger charge is -2.23. The zero-order valence-electron chi connectivity index (χ0n) is 20.3. The Balaban J connectivity index is 1.54. The number of amides is 1. The van der Waals surface area contributed by atoms with E-state index in [1.807, 2.05) is 44.2 Å². The van der Waals surface area contributed by atoms with E-state index in [-0.39, 0.29) is 18.6 Å². The molecule has 186 valence electrons. The average molecular weight is 497 g/mol. The molecular weight excluding hydrogens is 464 g/mol. The molecule has 0 fully saturated rings. The number of hydrogen-bond donors (Lipinski definition) is 1. The molecule has 8 heteroatoms. The summed E-state index contributed by atoms with van der Waals surface area (Å²) in [6, 6.07) is 23.7. The summed E-state index contributed by atoms with van der Waals surface area (Å²) in [5, 5.41) is 2.83. The third-order valence-corrected chi connectivity index (χ3v) is 6.22. The van der Waals surface area contributed by atoms with Crippen LogP contribution in [0.15, 0.2) is 78.9 Å². The minimum atomic E-state index is -3.52. The van der Waals surface area contributed by atoms with Gasteiger partial charge in [0.2, 0.25) is 10.0 Å². The van der Waals surface area contributed by atoms with Crippen LogP contribution in [0.5, 0.6) is 5.75 Å². The molecule has 3 aromatic rings. The molecule has 35 heavy (non-hydrogen) atoms. The summed E-state index contributed by atoms with van der Waals surface area (Å²) < 4.78 is 37.5. The molecule has 0 atom stereocenters. The Kier molecular flexibility index (Phi) is 9.28. The first-order valence-electron chi connectivity index (χ1n) is 11.5. The predicted octanol–water partition coefficient (Wildman–Crippen LogP) is 4.39. The second-order valence-electron chi connectivity index (χ2n) is 8.42. The van der Waals surface area contributed by atoms with Gasteiger partial charge in [0.15, 0.2) is 0 Å². The monoisotopic (exact) mass is 496 g/mol. The molecule has 0 saturated carbocycles. The number of anilines is 1. The highest BCUT2D eigenvalue weighted by molar-refractivity contribution is 7.92. The van der Waals surface area contributed by atoms with Crippen LogP contribution >= 0.6 is 0 Å². The van der Waals surface area contributed by atoms with Gasteiger partial charge in [0, 0.05) is 12.1 Å². The van der Waals surface area contributed by atoms with Crippen molar-refractivity contribution < 1.29 is 22.7 Å². The van der Waals surface area contributed by atoms with Crippen LogP contribution in [0.4, 0.5) is 5.69 Å². The normalized spacial score (nSPS) is 11.3. The zero-order valence-corrected chi connectivity index (χ0v) is 21.1. The van der Waals surface area contributed by atoms with Gasteiger partial charge in [-0.25, -0.2) is 8.42 Å². The van der Waals surface area contributed by atoms with E-state index in [1.54, 1.807) is 48.5 Å².